The number of hydrogen-bond donors (Lipinski definition) is 1. The summed E-state index contributed by atoms with van der Waals surface area (Å²) in [5, 5.41) is 8.63. The molecule has 1 rings (SSSR count). The van der Waals surface area contributed by atoms with E-state index in [1.807, 2.05) is 19.9 Å². The van der Waals surface area contributed by atoms with Crippen LogP contribution >= 0.6 is 0 Å². The molecule has 0 aromatic heterocycles. The second-order valence-corrected chi connectivity index (χ2v) is 6.46. The van der Waals surface area contributed by atoms with Crippen molar-refractivity contribution in [2.75, 3.05) is 12.4 Å². The average Bonchev–Trinajstić information content (AvgIpc) is 2.28. The number of rotatable bonds is 6. The first-order chi connectivity index (χ1) is 7.97. The monoisotopic (exact) mass is 256 g/mol. The van der Waals surface area contributed by atoms with Crippen LogP contribution < -0.4 is 0 Å². The first-order valence-corrected chi connectivity index (χ1v) is 7.53. The van der Waals surface area contributed by atoms with E-state index in [1.54, 1.807) is 12.1 Å². The number of aliphatic hydroxyl groups is 1. The Balaban J connectivity index is 2.72. The molecule has 96 valence electrons. The lowest BCUT2D eigenvalue weighted by atomic mass is 10.1. The summed E-state index contributed by atoms with van der Waals surface area (Å²) in [6, 6.07) is 5.25. The molecule has 1 aromatic rings. The number of aliphatic hydroxyl groups excluding tert-OH is 1. The van der Waals surface area contributed by atoms with Gasteiger partial charge in [-0.05, 0) is 49.9 Å². The van der Waals surface area contributed by atoms with Gasteiger partial charge in [-0.3, -0.25) is 0 Å². The number of sulfone groups is 1. The highest BCUT2D eigenvalue weighted by Crippen LogP contribution is 2.17. The fourth-order valence-electron chi connectivity index (χ4n) is 1.61. The van der Waals surface area contributed by atoms with Gasteiger partial charge in [0.15, 0.2) is 9.84 Å². The van der Waals surface area contributed by atoms with Gasteiger partial charge in [-0.25, -0.2) is 8.42 Å². The molecule has 0 fully saturated rings. The minimum Gasteiger partial charge on any atom is -0.396 e. The third-order valence-electron chi connectivity index (χ3n) is 2.91. The molecule has 1 aromatic carbocycles. The topological polar surface area (TPSA) is 54.4 Å². The fraction of sp³-hybridized carbons (Fsp3) is 0.538. The van der Waals surface area contributed by atoms with E-state index >= 15 is 0 Å². The molecule has 0 amide bonds. The van der Waals surface area contributed by atoms with E-state index in [0.717, 1.165) is 17.5 Å². The molecule has 4 heteroatoms. The maximum absolute atomic E-state index is 12.0. The van der Waals surface area contributed by atoms with Crippen molar-refractivity contribution in [3.63, 3.8) is 0 Å². The Morgan fingerprint density at radius 1 is 1.06 bits per heavy atom. The minimum absolute atomic E-state index is 0.129. The Morgan fingerprint density at radius 2 is 1.76 bits per heavy atom. The smallest absolute Gasteiger partial charge is 0.178 e. The molecule has 0 saturated heterocycles. The summed E-state index contributed by atoms with van der Waals surface area (Å²) in [5.74, 6) is 0.162. The van der Waals surface area contributed by atoms with E-state index in [1.165, 1.54) is 0 Å². The molecule has 0 heterocycles. The Morgan fingerprint density at radius 3 is 2.35 bits per heavy atom. The van der Waals surface area contributed by atoms with Crippen LogP contribution in [-0.4, -0.2) is 25.9 Å². The molecular formula is C13H20O3S. The summed E-state index contributed by atoms with van der Waals surface area (Å²) < 4.78 is 24.0. The molecule has 0 radical (unpaired) electrons. The molecule has 0 aliphatic rings. The first kappa shape index (κ1) is 14.2. The Labute approximate surface area is 103 Å². The number of aryl methyl sites for hydroxylation is 2. The Bertz CT molecular complexity index is 464. The lowest BCUT2D eigenvalue weighted by Crippen LogP contribution is -2.07. The van der Waals surface area contributed by atoms with Crippen LogP contribution in [0.1, 0.15) is 30.4 Å². The van der Waals surface area contributed by atoms with E-state index < -0.39 is 9.84 Å². The summed E-state index contributed by atoms with van der Waals surface area (Å²) in [6.45, 7) is 4.01. The minimum atomic E-state index is -3.16. The van der Waals surface area contributed by atoms with Crippen LogP contribution in [0, 0.1) is 13.8 Å². The summed E-state index contributed by atoms with van der Waals surface area (Å²) in [4.78, 5) is 0.407. The normalized spacial score (nSPS) is 11.7. The Kier molecular flexibility index (Phi) is 5.15. The molecule has 0 aliphatic heterocycles. The first-order valence-electron chi connectivity index (χ1n) is 5.88. The van der Waals surface area contributed by atoms with Crippen molar-refractivity contribution in [1.82, 2.24) is 0 Å². The Hall–Kier alpha value is -0.870. The zero-order valence-electron chi connectivity index (χ0n) is 10.4. The highest BCUT2D eigenvalue weighted by atomic mass is 32.2. The lowest BCUT2D eigenvalue weighted by molar-refractivity contribution is 0.284. The maximum atomic E-state index is 12.0. The fourth-order valence-corrected chi connectivity index (χ4v) is 3.06. The highest BCUT2D eigenvalue weighted by Gasteiger charge is 2.14. The predicted octanol–water partition coefficient (Wildman–Crippen LogP) is 2.24. The number of hydrogen-bond acceptors (Lipinski definition) is 3. The van der Waals surface area contributed by atoms with Crippen molar-refractivity contribution in [2.24, 2.45) is 0 Å². The SMILES string of the molecule is Cc1ccc(S(=O)(=O)CCCCCO)cc1C. The van der Waals surface area contributed by atoms with Crippen LogP contribution in [0.25, 0.3) is 0 Å². The van der Waals surface area contributed by atoms with Crippen molar-refractivity contribution < 1.29 is 13.5 Å². The van der Waals surface area contributed by atoms with Gasteiger partial charge < -0.3 is 5.11 Å². The van der Waals surface area contributed by atoms with Crippen molar-refractivity contribution in [2.45, 2.75) is 38.0 Å². The van der Waals surface area contributed by atoms with E-state index in [0.29, 0.717) is 17.7 Å². The van der Waals surface area contributed by atoms with Gasteiger partial charge >= 0.3 is 0 Å². The van der Waals surface area contributed by atoms with Crippen molar-refractivity contribution >= 4 is 9.84 Å². The van der Waals surface area contributed by atoms with E-state index in [-0.39, 0.29) is 12.4 Å². The van der Waals surface area contributed by atoms with Crippen molar-refractivity contribution in [3.05, 3.63) is 29.3 Å². The van der Waals surface area contributed by atoms with Gasteiger partial charge in [-0.1, -0.05) is 12.5 Å². The van der Waals surface area contributed by atoms with Crippen LogP contribution in [0.5, 0.6) is 0 Å². The molecule has 3 nitrogen and oxygen atoms in total. The van der Waals surface area contributed by atoms with Crippen LogP contribution in [0.4, 0.5) is 0 Å². The molecular weight excluding hydrogens is 236 g/mol. The van der Waals surface area contributed by atoms with E-state index in [4.69, 9.17) is 5.11 Å². The van der Waals surface area contributed by atoms with E-state index in [9.17, 15) is 8.42 Å². The molecule has 0 unspecified atom stereocenters. The summed E-state index contributed by atoms with van der Waals surface area (Å²) in [7, 11) is -3.16. The molecule has 1 N–H and O–H groups in total. The van der Waals surface area contributed by atoms with Crippen LogP contribution in [0.2, 0.25) is 0 Å². The molecule has 0 atom stereocenters. The number of benzene rings is 1. The van der Waals surface area contributed by atoms with Crippen molar-refractivity contribution in [3.8, 4) is 0 Å². The third-order valence-corrected chi connectivity index (χ3v) is 4.71. The largest absolute Gasteiger partial charge is 0.396 e. The maximum Gasteiger partial charge on any atom is 0.178 e. The zero-order chi connectivity index (χ0) is 12.9. The van der Waals surface area contributed by atoms with Crippen LogP contribution in [-0.2, 0) is 9.84 Å². The summed E-state index contributed by atoms with van der Waals surface area (Å²) in [6.07, 6.45) is 2.03. The van der Waals surface area contributed by atoms with Gasteiger partial charge in [0.05, 0.1) is 10.6 Å². The van der Waals surface area contributed by atoms with Gasteiger partial charge in [-0.15, -0.1) is 0 Å². The van der Waals surface area contributed by atoms with Crippen LogP contribution in [0.3, 0.4) is 0 Å². The van der Waals surface area contributed by atoms with Crippen molar-refractivity contribution in [1.29, 1.82) is 0 Å². The molecule has 0 spiro atoms. The average molecular weight is 256 g/mol. The second kappa shape index (κ2) is 6.17. The predicted molar refractivity (Wildman–Crippen MR) is 68.9 cm³/mol. The van der Waals surface area contributed by atoms with Gasteiger partial charge in [0.25, 0.3) is 0 Å². The third kappa shape index (κ3) is 4.13. The van der Waals surface area contributed by atoms with E-state index in [2.05, 4.69) is 0 Å². The van der Waals surface area contributed by atoms with Gasteiger partial charge in [0.2, 0.25) is 0 Å². The molecule has 17 heavy (non-hydrogen) atoms. The van der Waals surface area contributed by atoms with Crippen LogP contribution in [0.15, 0.2) is 23.1 Å². The highest BCUT2D eigenvalue weighted by molar-refractivity contribution is 7.91. The molecule has 0 bridgehead atoms. The number of unbranched alkanes of at least 4 members (excludes halogenated alkanes) is 2. The van der Waals surface area contributed by atoms with Gasteiger partial charge in [0, 0.05) is 6.61 Å². The molecule has 0 saturated carbocycles. The molecule has 0 aliphatic carbocycles. The van der Waals surface area contributed by atoms with Gasteiger partial charge in [0.1, 0.15) is 0 Å². The zero-order valence-corrected chi connectivity index (χ0v) is 11.3. The quantitative estimate of drug-likeness (QED) is 0.794. The standard InChI is InChI=1S/C13H20O3S/c1-11-6-7-13(10-12(11)2)17(15,16)9-5-3-4-8-14/h6-7,10,14H,3-5,8-9H2,1-2H3. The summed E-state index contributed by atoms with van der Waals surface area (Å²) >= 11 is 0. The lowest BCUT2D eigenvalue weighted by Gasteiger charge is -2.06. The van der Waals surface area contributed by atoms with Gasteiger partial charge in [-0.2, -0.15) is 0 Å². The summed E-state index contributed by atoms with van der Waals surface area (Å²) in [5.41, 5.74) is 2.10. The second-order valence-electron chi connectivity index (χ2n) is 4.35.